The van der Waals surface area contributed by atoms with Crippen LogP contribution in [0.3, 0.4) is 0 Å². The molecule has 1 fully saturated rings. The Morgan fingerprint density at radius 3 is 2.88 bits per heavy atom. The topological polar surface area (TPSA) is 76.0 Å². The van der Waals surface area contributed by atoms with Crippen molar-refractivity contribution in [2.75, 3.05) is 13.1 Å². The molecule has 1 aliphatic rings. The summed E-state index contributed by atoms with van der Waals surface area (Å²) in [4.78, 5) is 0.266. The SMILES string of the molecule is Cc1c(S(=O)(=O)NC2CCNC2)cnn1C. The maximum absolute atomic E-state index is 12.0. The first-order valence-electron chi connectivity index (χ1n) is 5.22. The third-order valence-electron chi connectivity index (χ3n) is 2.86. The lowest BCUT2D eigenvalue weighted by molar-refractivity contribution is 0.559. The van der Waals surface area contributed by atoms with Gasteiger partial charge < -0.3 is 5.32 Å². The van der Waals surface area contributed by atoms with Crippen molar-refractivity contribution in [2.24, 2.45) is 7.05 Å². The van der Waals surface area contributed by atoms with Gasteiger partial charge in [-0.1, -0.05) is 0 Å². The molecule has 1 atom stereocenters. The van der Waals surface area contributed by atoms with Crippen molar-refractivity contribution in [2.45, 2.75) is 24.3 Å². The van der Waals surface area contributed by atoms with Crippen LogP contribution >= 0.6 is 0 Å². The molecule has 1 unspecified atom stereocenters. The summed E-state index contributed by atoms with van der Waals surface area (Å²) in [7, 11) is -1.70. The number of hydrogen-bond acceptors (Lipinski definition) is 4. The molecule has 7 heteroatoms. The van der Waals surface area contributed by atoms with Crippen LogP contribution in [0, 0.1) is 6.92 Å². The van der Waals surface area contributed by atoms with Crippen LogP contribution in [0.4, 0.5) is 0 Å². The highest BCUT2D eigenvalue weighted by Crippen LogP contribution is 2.14. The summed E-state index contributed by atoms with van der Waals surface area (Å²) in [6, 6.07) is -0.00962. The van der Waals surface area contributed by atoms with Gasteiger partial charge in [0.15, 0.2) is 0 Å². The average Bonchev–Trinajstić information content (AvgIpc) is 2.78. The molecule has 2 N–H and O–H groups in total. The lowest BCUT2D eigenvalue weighted by Crippen LogP contribution is -2.36. The Balaban J connectivity index is 2.21. The van der Waals surface area contributed by atoms with Gasteiger partial charge in [-0.2, -0.15) is 5.10 Å². The second-order valence-electron chi connectivity index (χ2n) is 4.03. The smallest absolute Gasteiger partial charge is 0.244 e. The summed E-state index contributed by atoms with van der Waals surface area (Å²) in [6.07, 6.45) is 2.22. The van der Waals surface area contributed by atoms with Gasteiger partial charge in [-0.25, -0.2) is 13.1 Å². The van der Waals surface area contributed by atoms with Gasteiger partial charge in [0.05, 0.1) is 11.9 Å². The molecule has 16 heavy (non-hydrogen) atoms. The van der Waals surface area contributed by atoms with Crippen molar-refractivity contribution in [3.05, 3.63) is 11.9 Å². The first-order chi connectivity index (χ1) is 7.50. The summed E-state index contributed by atoms with van der Waals surface area (Å²) in [6.45, 7) is 3.30. The van der Waals surface area contributed by atoms with E-state index >= 15 is 0 Å². The lowest BCUT2D eigenvalue weighted by Gasteiger charge is -2.11. The Hall–Kier alpha value is -0.920. The molecule has 6 nitrogen and oxygen atoms in total. The molecule has 1 aromatic heterocycles. The first-order valence-corrected chi connectivity index (χ1v) is 6.70. The van der Waals surface area contributed by atoms with Gasteiger partial charge >= 0.3 is 0 Å². The van der Waals surface area contributed by atoms with Crippen LogP contribution in [0.1, 0.15) is 12.1 Å². The largest absolute Gasteiger partial charge is 0.315 e. The van der Waals surface area contributed by atoms with Gasteiger partial charge in [-0.3, -0.25) is 4.68 Å². The van der Waals surface area contributed by atoms with Crippen LogP contribution in [0.15, 0.2) is 11.1 Å². The second kappa shape index (κ2) is 4.15. The molecule has 0 aliphatic carbocycles. The van der Waals surface area contributed by atoms with Crippen LogP contribution in [-0.4, -0.2) is 37.3 Å². The lowest BCUT2D eigenvalue weighted by atomic mass is 10.3. The number of aromatic nitrogens is 2. The summed E-state index contributed by atoms with van der Waals surface area (Å²) >= 11 is 0. The molecule has 0 amide bonds. The predicted octanol–water partition coefficient (Wildman–Crippen LogP) is -0.631. The third-order valence-corrected chi connectivity index (χ3v) is 4.49. The van der Waals surface area contributed by atoms with E-state index in [0.29, 0.717) is 12.2 Å². The van der Waals surface area contributed by atoms with E-state index < -0.39 is 10.0 Å². The molecule has 1 aromatic rings. The zero-order chi connectivity index (χ0) is 11.8. The van der Waals surface area contributed by atoms with Crippen LogP contribution in [0.25, 0.3) is 0 Å². The van der Waals surface area contributed by atoms with E-state index in [4.69, 9.17) is 0 Å². The van der Waals surface area contributed by atoms with Crippen LogP contribution < -0.4 is 10.0 Å². The van der Waals surface area contributed by atoms with Crippen LogP contribution in [0.5, 0.6) is 0 Å². The molecule has 90 valence electrons. The van der Waals surface area contributed by atoms with Crippen molar-refractivity contribution in [3.63, 3.8) is 0 Å². The minimum absolute atomic E-state index is 0.00962. The summed E-state index contributed by atoms with van der Waals surface area (Å²) in [5.41, 5.74) is 0.651. The monoisotopic (exact) mass is 244 g/mol. The van der Waals surface area contributed by atoms with Gasteiger partial charge in [-0.15, -0.1) is 0 Å². The molecule has 0 spiro atoms. The Morgan fingerprint density at radius 1 is 1.62 bits per heavy atom. The molecule has 2 rings (SSSR count). The van der Waals surface area contributed by atoms with E-state index in [2.05, 4.69) is 15.1 Å². The zero-order valence-electron chi connectivity index (χ0n) is 9.40. The van der Waals surface area contributed by atoms with Gasteiger partial charge in [0, 0.05) is 19.6 Å². The maximum Gasteiger partial charge on any atom is 0.244 e. The average molecular weight is 244 g/mol. The molecular weight excluding hydrogens is 228 g/mol. The van der Waals surface area contributed by atoms with Crippen LogP contribution in [-0.2, 0) is 17.1 Å². The number of rotatable bonds is 3. The van der Waals surface area contributed by atoms with E-state index in [-0.39, 0.29) is 10.9 Å². The number of aryl methyl sites for hydroxylation is 1. The number of nitrogens with zero attached hydrogens (tertiary/aromatic N) is 2. The van der Waals surface area contributed by atoms with Gasteiger partial charge in [0.2, 0.25) is 10.0 Å². The Labute approximate surface area is 95.1 Å². The van der Waals surface area contributed by atoms with E-state index in [9.17, 15) is 8.42 Å². The molecule has 0 radical (unpaired) electrons. The van der Waals surface area contributed by atoms with Crippen LogP contribution in [0.2, 0.25) is 0 Å². The van der Waals surface area contributed by atoms with Crippen molar-refractivity contribution in [1.82, 2.24) is 19.8 Å². The highest BCUT2D eigenvalue weighted by atomic mass is 32.2. The van der Waals surface area contributed by atoms with E-state index in [0.717, 1.165) is 13.0 Å². The first kappa shape index (κ1) is 11.6. The van der Waals surface area contributed by atoms with Crippen molar-refractivity contribution in [3.8, 4) is 0 Å². The highest BCUT2D eigenvalue weighted by molar-refractivity contribution is 7.89. The fraction of sp³-hybridized carbons (Fsp3) is 0.667. The molecule has 0 aromatic carbocycles. The van der Waals surface area contributed by atoms with Crippen molar-refractivity contribution < 1.29 is 8.42 Å². The van der Waals surface area contributed by atoms with E-state index in [1.807, 2.05) is 0 Å². The summed E-state index contributed by atoms with van der Waals surface area (Å²) in [5, 5.41) is 7.06. The molecule has 0 saturated carbocycles. The predicted molar refractivity (Wildman–Crippen MR) is 59.5 cm³/mol. The quantitative estimate of drug-likeness (QED) is 0.742. The minimum Gasteiger partial charge on any atom is -0.315 e. The third kappa shape index (κ3) is 2.11. The Bertz CT molecular complexity index is 474. The molecule has 1 aliphatic heterocycles. The highest BCUT2D eigenvalue weighted by Gasteiger charge is 2.25. The van der Waals surface area contributed by atoms with Gasteiger partial charge in [0.1, 0.15) is 4.90 Å². The fourth-order valence-corrected chi connectivity index (χ4v) is 3.25. The normalized spacial score (nSPS) is 21.5. The minimum atomic E-state index is -3.43. The number of hydrogen-bond donors (Lipinski definition) is 2. The number of sulfonamides is 1. The van der Waals surface area contributed by atoms with Gasteiger partial charge in [-0.05, 0) is 19.9 Å². The molecule has 1 saturated heterocycles. The summed E-state index contributed by atoms with van der Waals surface area (Å²) in [5.74, 6) is 0. The zero-order valence-corrected chi connectivity index (χ0v) is 10.2. The van der Waals surface area contributed by atoms with E-state index in [1.54, 1.807) is 18.7 Å². The Morgan fingerprint density at radius 2 is 2.38 bits per heavy atom. The fourth-order valence-electron chi connectivity index (χ4n) is 1.78. The standard InChI is InChI=1S/C9H16N4O2S/c1-7-9(6-11-13(7)2)16(14,15)12-8-3-4-10-5-8/h6,8,10,12H,3-5H2,1-2H3. The summed E-state index contributed by atoms with van der Waals surface area (Å²) < 4.78 is 28.3. The molecule has 0 bridgehead atoms. The maximum atomic E-state index is 12.0. The molecular formula is C9H16N4O2S. The molecule has 2 heterocycles. The van der Waals surface area contributed by atoms with Crippen molar-refractivity contribution in [1.29, 1.82) is 0 Å². The van der Waals surface area contributed by atoms with E-state index in [1.165, 1.54) is 6.20 Å². The van der Waals surface area contributed by atoms with Crippen molar-refractivity contribution >= 4 is 10.0 Å². The van der Waals surface area contributed by atoms with Gasteiger partial charge in [0.25, 0.3) is 0 Å². The second-order valence-corrected chi connectivity index (χ2v) is 5.71. The number of nitrogens with one attached hydrogen (secondary N) is 2. The Kier molecular flexibility index (Phi) is 3.00.